The van der Waals surface area contributed by atoms with Gasteiger partial charge >= 0.3 is 5.97 Å². The van der Waals surface area contributed by atoms with Crippen molar-refractivity contribution in [3.8, 4) is 5.75 Å². The van der Waals surface area contributed by atoms with Gasteiger partial charge in [0.25, 0.3) is 0 Å². The highest BCUT2D eigenvalue weighted by Gasteiger charge is 2.31. The number of halogens is 2. The number of hydrogen-bond donors (Lipinski definition) is 2. The molecule has 0 spiro atoms. The van der Waals surface area contributed by atoms with Crippen molar-refractivity contribution >= 4 is 23.6 Å². The molecule has 1 unspecified atom stereocenters. The van der Waals surface area contributed by atoms with Crippen LogP contribution in [0.4, 0.5) is 8.78 Å². The Bertz CT molecular complexity index is 846. The second-order valence-electron chi connectivity index (χ2n) is 6.05. The number of ether oxygens (including phenoxy) is 1. The molecule has 0 aromatic heterocycles. The zero-order valence-electron chi connectivity index (χ0n) is 14.8. The lowest BCUT2D eigenvalue weighted by molar-refractivity contribution is -0.139. The molecule has 0 bridgehead atoms. The maximum atomic E-state index is 13.2. The van der Waals surface area contributed by atoms with Gasteiger partial charge in [-0.2, -0.15) is 0 Å². The summed E-state index contributed by atoms with van der Waals surface area (Å²) in [5.74, 6) is -3.01. The molecule has 1 amide bonds. The van der Waals surface area contributed by atoms with Gasteiger partial charge in [0.2, 0.25) is 5.91 Å². The third kappa shape index (κ3) is 5.68. The first-order chi connectivity index (χ1) is 12.7. The zero-order valence-corrected chi connectivity index (χ0v) is 15.6. The fraction of sp³-hybridized carbons (Fsp3) is 0.263. The summed E-state index contributed by atoms with van der Waals surface area (Å²) in [4.78, 5) is 24.1. The van der Waals surface area contributed by atoms with Crippen molar-refractivity contribution in [2.45, 2.75) is 23.8 Å². The number of methoxy groups -OCH3 is 1. The number of carbonyl (C=O) groups excluding carboxylic acids is 1. The average molecular weight is 395 g/mol. The lowest BCUT2D eigenvalue weighted by atomic mass is 9.88. The molecule has 27 heavy (non-hydrogen) atoms. The molecule has 0 saturated carbocycles. The molecule has 2 aromatic rings. The van der Waals surface area contributed by atoms with Crippen LogP contribution < -0.4 is 10.1 Å². The first-order valence-electron chi connectivity index (χ1n) is 7.99. The molecule has 144 valence electrons. The van der Waals surface area contributed by atoms with Crippen molar-refractivity contribution in [3.05, 3.63) is 59.7 Å². The molecule has 0 aliphatic heterocycles. The lowest BCUT2D eigenvalue weighted by Gasteiger charge is -2.30. The van der Waals surface area contributed by atoms with Gasteiger partial charge in [0, 0.05) is 4.90 Å². The minimum atomic E-state index is -1.16. The van der Waals surface area contributed by atoms with Crippen molar-refractivity contribution in [3.63, 3.8) is 0 Å². The number of nitrogens with one attached hydrogen (secondary N) is 1. The molecule has 5 nitrogen and oxygen atoms in total. The second-order valence-corrected chi connectivity index (χ2v) is 7.10. The topological polar surface area (TPSA) is 75.6 Å². The minimum Gasteiger partial charge on any atom is -0.497 e. The number of hydrogen-bond acceptors (Lipinski definition) is 4. The Kier molecular flexibility index (Phi) is 6.79. The number of thioether (sulfide) groups is 1. The maximum Gasteiger partial charge on any atom is 0.306 e. The van der Waals surface area contributed by atoms with Crippen LogP contribution in [-0.2, 0) is 15.1 Å². The molecule has 8 heteroatoms. The summed E-state index contributed by atoms with van der Waals surface area (Å²) in [6.45, 7) is 1.61. The summed E-state index contributed by atoms with van der Waals surface area (Å²) in [6, 6.07) is 10.1. The van der Waals surface area contributed by atoms with Crippen LogP contribution in [0.2, 0.25) is 0 Å². The highest BCUT2D eigenvalue weighted by molar-refractivity contribution is 8.00. The number of carboxylic acids is 1. The number of rotatable bonds is 8. The van der Waals surface area contributed by atoms with Gasteiger partial charge < -0.3 is 15.2 Å². The van der Waals surface area contributed by atoms with Crippen LogP contribution in [0.15, 0.2) is 47.4 Å². The predicted molar refractivity (Wildman–Crippen MR) is 97.8 cm³/mol. The van der Waals surface area contributed by atoms with Gasteiger partial charge in [0.05, 0.1) is 24.8 Å². The van der Waals surface area contributed by atoms with Crippen LogP contribution in [-0.4, -0.2) is 29.8 Å². The Morgan fingerprint density at radius 2 is 1.93 bits per heavy atom. The fourth-order valence-electron chi connectivity index (χ4n) is 2.55. The molecule has 0 fully saturated rings. The third-order valence-electron chi connectivity index (χ3n) is 3.89. The van der Waals surface area contributed by atoms with E-state index in [0.29, 0.717) is 16.2 Å². The molecule has 0 heterocycles. The molecule has 0 aliphatic carbocycles. The lowest BCUT2D eigenvalue weighted by Crippen LogP contribution is -2.45. The van der Waals surface area contributed by atoms with E-state index in [1.54, 1.807) is 31.2 Å². The van der Waals surface area contributed by atoms with E-state index in [9.17, 15) is 23.5 Å². The van der Waals surface area contributed by atoms with Crippen LogP contribution in [0, 0.1) is 11.6 Å². The van der Waals surface area contributed by atoms with E-state index in [2.05, 4.69) is 5.32 Å². The summed E-state index contributed by atoms with van der Waals surface area (Å²) in [5.41, 5.74) is -0.582. The number of carbonyl (C=O) groups is 2. The quantitative estimate of drug-likeness (QED) is 0.669. The molecular formula is C19H19F2NO4S. The van der Waals surface area contributed by atoms with E-state index in [-0.39, 0.29) is 12.2 Å². The third-order valence-corrected chi connectivity index (χ3v) is 4.88. The van der Waals surface area contributed by atoms with Gasteiger partial charge in [0.15, 0.2) is 11.6 Å². The van der Waals surface area contributed by atoms with Gasteiger partial charge in [-0.25, -0.2) is 8.78 Å². The Labute approximate surface area is 159 Å². The normalized spacial score (nSPS) is 12.9. The van der Waals surface area contributed by atoms with Crippen LogP contribution in [0.25, 0.3) is 0 Å². The van der Waals surface area contributed by atoms with E-state index in [1.165, 1.54) is 13.2 Å². The van der Waals surface area contributed by atoms with Gasteiger partial charge in [0.1, 0.15) is 5.75 Å². The van der Waals surface area contributed by atoms with Gasteiger partial charge in [-0.15, -0.1) is 11.8 Å². The summed E-state index contributed by atoms with van der Waals surface area (Å²) >= 11 is 1.02. The van der Waals surface area contributed by atoms with E-state index < -0.39 is 29.0 Å². The summed E-state index contributed by atoms with van der Waals surface area (Å²) in [7, 11) is 1.49. The number of aliphatic carboxylic acids is 1. The fourth-order valence-corrected chi connectivity index (χ4v) is 3.27. The van der Waals surface area contributed by atoms with Crippen LogP contribution in [0.5, 0.6) is 5.75 Å². The molecule has 0 saturated heterocycles. The molecule has 0 aliphatic rings. The van der Waals surface area contributed by atoms with Crippen molar-refractivity contribution in [2.24, 2.45) is 0 Å². The number of amides is 1. The summed E-state index contributed by atoms with van der Waals surface area (Å²) in [5, 5.41) is 12.0. The monoisotopic (exact) mass is 395 g/mol. The predicted octanol–water partition coefficient (Wildman–Crippen LogP) is 3.57. The first kappa shape index (κ1) is 20.7. The zero-order chi connectivity index (χ0) is 20.0. The molecule has 2 rings (SSSR count). The standard InChI is InChI=1S/C19H19F2NO4S/c1-19(10-18(24)25,12-4-3-5-13(8-12)26-2)22-17(23)11-27-14-6-7-15(20)16(21)9-14/h3-9H,10-11H2,1-2H3,(H,22,23)(H,24,25). The Morgan fingerprint density at radius 3 is 2.56 bits per heavy atom. The van der Waals surface area contributed by atoms with Crippen molar-refractivity contribution in [1.29, 1.82) is 0 Å². The van der Waals surface area contributed by atoms with E-state index in [0.717, 1.165) is 23.9 Å². The smallest absolute Gasteiger partial charge is 0.306 e. The highest BCUT2D eigenvalue weighted by Crippen LogP contribution is 2.28. The Balaban J connectivity index is 2.13. The molecule has 0 radical (unpaired) electrons. The van der Waals surface area contributed by atoms with Gasteiger partial charge in [-0.1, -0.05) is 12.1 Å². The second kappa shape index (κ2) is 8.85. The number of carboxylic acid groups (broad SMARTS) is 1. The molecule has 2 aromatic carbocycles. The first-order valence-corrected chi connectivity index (χ1v) is 8.97. The van der Waals surface area contributed by atoms with E-state index in [4.69, 9.17) is 4.74 Å². The Hall–Kier alpha value is -2.61. The van der Waals surface area contributed by atoms with Crippen molar-refractivity contribution < 1.29 is 28.2 Å². The van der Waals surface area contributed by atoms with Gasteiger partial charge in [-0.3, -0.25) is 9.59 Å². The number of benzene rings is 2. The van der Waals surface area contributed by atoms with E-state index in [1.807, 2.05) is 0 Å². The summed E-state index contributed by atoms with van der Waals surface area (Å²) in [6.07, 6.45) is -0.332. The van der Waals surface area contributed by atoms with Crippen LogP contribution >= 0.6 is 11.8 Å². The molecule has 2 N–H and O–H groups in total. The average Bonchev–Trinajstić information content (AvgIpc) is 2.62. The molecular weight excluding hydrogens is 376 g/mol. The minimum absolute atomic E-state index is 0.0791. The molecule has 1 atom stereocenters. The summed E-state index contributed by atoms with van der Waals surface area (Å²) < 4.78 is 31.4. The highest BCUT2D eigenvalue weighted by atomic mass is 32.2. The van der Waals surface area contributed by atoms with Crippen molar-refractivity contribution in [1.82, 2.24) is 5.32 Å². The van der Waals surface area contributed by atoms with Gasteiger partial charge in [-0.05, 0) is 42.8 Å². The van der Waals surface area contributed by atoms with E-state index >= 15 is 0 Å². The Morgan fingerprint density at radius 1 is 1.19 bits per heavy atom. The SMILES string of the molecule is COc1cccc(C(C)(CC(=O)O)NC(=O)CSc2ccc(F)c(F)c2)c1. The van der Waals surface area contributed by atoms with Crippen LogP contribution in [0.1, 0.15) is 18.9 Å². The largest absolute Gasteiger partial charge is 0.497 e. The maximum absolute atomic E-state index is 13.2. The van der Waals surface area contributed by atoms with Crippen LogP contribution in [0.3, 0.4) is 0 Å². The van der Waals surface area contributed by atoms with Crippen molar-refractivity contribution in [2.75, 3.05) is 12.9 Å².